The first-order chi connectivity index (χ1) is 9.79. The number of hydrogen-bond donors (Lipinski definition) is 3. The van der Waals surface area contributed by atoms with E-state index in [2.05, 4.69) is 10.6 Å². The van der Waals surface area contributed by atoms with Crippen molar-refractivity contribution in [1.82, 2.24) is 5.32 Å². The SMILES string of the molecule is CC(CC(=O)O)CC(=O)NC(=O)Nc1c(Cl)cccc1Cl. The third-order valence-corrected chi connectivity index (χ3v) is 3.14. The van der Waals surface area contributed by atoms with Gasteiger partial charge in [-0.25, -0.2) is 4.79 Å². The fourth-order valence-corrected chi connectivity index (χ4v) is 2.12. The predicted molar refractivity (Wildman–Crippen MR) is 79.7 cm³/mol. The van der Waals surface area contributed by atoms with Gasteiger partial charge in [0.2, 0.25) is 5.91 Å². The Balaban J connectivity index is 2.54. The Morgan fingerprint density at radius 3 is 2.29 bits per heavy atom. The highest BCUT2D eigenvalue weighted by molar-refractivity contribution is 6.39. The number of anilines is 1. The smallest absolute Gasteiger partial charge is 0.325 e. The van der Waals surface area contributed by atoms with Crippen molar-refractivity contribution < 1.29 is 19.5 Å². The predicted octanol–water partition coefficient (Wildman–Crippen LogP) is 3.14. The molecule has 1 rings (SSSR count). The third-order valence-electron chi connectivity index (χ3n) is 2.51. The van der Waals surface area contributed by atoms with Crippen LogP contribution >= 0.6 is 23.2 Å². The maximum atomic E-state index is 11.7. The van der Waals surface area contributed by atoms with E-state index in [9.17, 15) is 14.4 Å². The molecule has 0 saturated heterocycles. The van der Waals surface area contributed by atoms with Gasteiger partial charge < -0.3 is 10.4 Å². The van der Waals surface area contributed by atoms with Crippen LogP contribution in [0.3, 0.4) is 0 Å². The molecule has 0 fully saturated rings. The number of carboxylic acid groups (broad SMARTS) is 1. The number of carbonyl (C=O) groups is 3. The average molecular weight is 333 g/mol. The topological polar surface area (TPSA) is 95.5 Å². The van der Waals surface area contributed by atoms with Crippen LogP contribution in [-0.2, 0) is 9.59 Å². The van der Waals surface area contributed by atoms with E-state index in [-0.39, 0.29) is 34.5 Å². The summed E-state index contributed by atoms with van der Waals surface area (Å²) < 4.78 is 0. The molecule has 0 radical (unpaired) electrons. The molecule has 0 aliphatic rings. The molecule has 114 valence electrons. The molecule has 1 aromatic carbocycles. The van der Waals surface area contributed by atoms with Gasteiger partial charge in [0.05, 0.1) is 15.7 Å². The van der Waals surface area contributed by atoms with Crippen molar-refractivity contribution in [3.8, 4) is 0 Å². The Kier molecular flexibility index (Phi) is 6.45. The quantitative estimate of drug-likeness (QED) is 0.771. The van der Waals surface area contributed by atoms with Crippen molar-refractivity contribution in [2.45, 2.75) is 19.8 Å². The average Bonchev–Trinajstić information content (AvgIpc) is 2.32. The van der Waals surface area contributed by atoms with E-state index in [0.29, 0.717) is 0 Å². The van der Waals surface area contributed by atoms with E-state index in [1.807, 2.05) is 0 Å². The second-order valence-electron chi connectivity index (χ2n) is 4.51. The molecule has 1 unspecified atom stereocenters. The van der Waals surface area contributed by atoms with Gasteiger partial charge in [-0.2, -0.15) is 0 Å². The number of carbonyl (C=O) groups excluding carboxylic acids is 2. The molecule has 0 spiro atoms. The van der Waals surface area contributed by atoms with E-state index in [0.717, 1.165) is 0 Å². The van der Waals surface area contributed by atoms with Gasteiger partial charge in [-0.15, -0.1) is 0 Å². The molecule has 0 saturated carbocycles. The van der Waals surface area contributed by atoms with Crippen molar-refractivity contribution in [1.29, 1.82) is 0 Å². The lowest BCUT2D eigenvalue weighted by Gasteiger charge is -2.11. The molecule has 3 N–H and O–H groups in total. The number of rotatable bonds is 5. The summed E-state index contributed by atoms with van der Waals surface area (Å²) in [6, 6.07) is 3.92. The van der Waals surface area contributed by atoms with Crippen LogP contribution in [0.5, 0.6) is 0 Å². The summed E-state index contributed by atoms with van der Waals surface area (Å²) in [6.07, 6.45) is -0.221. The highest BCUT2D eigenvalue weighted by atomic mass is 35.5. The highest BCUT2D eigenvalue weighted by Crippen LogP contribution is 2.29. The van der Waals surface area contributed by atoms with Crippen LogP contribution in [0, 0.1) is 5.92 Å². The van der Waals surface area contributed by atoms with Gasteiger partial charge >= 0.3 is 12.0 Å². The third kappa shape index (κ3) is 6.01. The van der Waals surface area contributed by atoms with Crippen molar-refractivity contribution >= 4 is 46.8 Å². The Morgan fingerprint density at radius 2 is 1.76 bits per heavy atom. The number of imide groups is 1. The number of para-hydroxylation sites is 1. The maximum absolute atomic E-state index is 11.7. The lowest BCUT2D eigenvalue weighted by molar-refractivity contribution is -0.138. The number of amides is 3. The van der Waals surface area contributed by atoms with Crippen molar-refractivity contribution in [3.05, 3.63) is 28.2 Å². The first-order valence-corrected chi connectivity index (χ1v) is 6.81. The molecule has 21 heavy (non-hydrogen) atoms. The molecule has 0 aromatic heterocycles. The number of nitrogens with one attached hydrogen (secondary N) is 2. The van der Waals surface area contributed by atoms with Gasteiger partial charge in [-0.1, -0.05) is 36.2 Å². The van der Waals surface area contributed by atoms with E-state index in [4.69, 9.17) is 28.3 Å². The van der Waals surface area contributed by atoms with Crippen LogP contribution in [-0.4, -0.2) is 23.0 Å². The summed E-state index contributed by atoms with van der Waals surface area (Å²) in [7, 11) is 0. The van der Waals surface area contributed by atoms with Crippen molar-refractivity contribution in [2.24, 2.45) is 5.92 Å². The number of halogens is 2. The normalized spacial score (nSPS) is 11.6. The molecule has 0 bridgehead atoms. The van der Waals surface area contributed by atoms with E-state index in [1.165, 1.54) is 0 Å². The zero-order valence-electron chi connectivity index (χ0n) is 11.2. The number of carboxylic acids is 1. The summed E-state index contributed by atoms with van der Waals surface area (Å²) >= 11 is 11.7. The maximum Gasteiger partial charge on any atom is 0.325 e. The summed E-state index contributed by atoms with van der Waals surface area (Å²) in [4.78, 5) is 33.7. The van der Waals surface area contributed by atoms with Gasteiger partial charge in [0.15, 0.2) is 0 Å². The monoisotopic (exact) mass is 332 g/mol. The number of benzene rings is 1. The molecule has 1 atom stereocenters. The zero-order valence-corrected chi connectivity index (χ0v) is 12.7. The fraction of sp³-hybridized carbons (Fsp3) is 0.308. The molecular weight excluding hydrogens is 319 g/mol. The Labute approximate surface area is 131 Å². The molecule has 6 nitrogen and oxygen atoms in total. The van der Waals surface area contributed by atoms with Crippen molar-refractivity contribution in [3.63, 3.8) is 0 Å². The molecule has 0 aliphatic heterocycles. The molecular formula is C13H14Cl2N2O4. The summed E-state index contributed by atoms with van der Waals surface area (Å²) in [5, 5.41) is 13.5. The van der Waals surface area contributed by atoms with Gasteiger partial charge in [-0.3, -0.25) is 14.9 Å². The number of hydrogen-bond acceptors (Lipinski definition) is 3. The first-order valence-electron chi connectivity index (χ1n) is 6.06. The summed E-state index contributed by atoms with van der Waals surface area (Å²) in [5.74, 6) is -1.95. The minimum Gasteiger partial charge on any atom is -0.481 e. The van der Waals surface area contributed by atoms with Gasteiger partial charge in [-0.05, 0) is 18.1 Å². The van der Waals surface area contributed by atoms with E-state index in [1.54, 1.807) is 25.1 Å². The lowest BCUT2D eigenvalue weighted by atomic mass is 10.0. The van der Waals surface area contributed by atoms with Crippen LogP contribution < -0.4 is 10.6 Å². The van der Waals surface area contributed by atoms with Crippen LogP contribution in [0.2, 0.25) is 10.0 Å². The Bertz CT molecular complexity index is 543. The van der Waals surface area contributed by atoms with Gasteiger partial charge in [0, 0.05) is 12.8 Å². The van der Waals surface area contributed by atoms with E-state index < -0.39 is 17.9 Å². The Hall–Kier alpha value is -1.79. The molecule has 1 aromatic rings. The second-order valence-corrected chi connectivity index (χ2v) is 5.32. The largest absolute Gasteiger partial charge is 0.481 e. The van der Waals surface area contributed by atoms with E-state index >= 15 is 0 Å². The van der Waals surface area contributed by atoms with Gasteiger partial charge in [0.1, 0.15) is 0 Å². The van der Waals surface area contributed by atoms with Crippen LogP contribution in [0.4, 0.5) is 10.5 Å². The molecule has 0 heterocycles. The highest BCUT2D eigenvalue weighted by Gasteiger charge is 2.16. The Morgan fingerprint density at radius 1 is 1.19 bits per heavy atom. The first kappa shape index (κ1) is 17.3. The molecule has 8 heteroatoms. The standard InChI is InChI=1S/C13H14Cl2N2O4/c1-7(6-11(19)20)5-10(18)16-13(21)17-12-8(14)3-2-4-9(12)15/h2-4,7H,5-6H2,1H3,(H,19,20)(H2,16,17,18,21). The van der Waals surface area contributed by atoms with Crippen LogP contribution in [0.25, 0.3) is 0 Å². The second kappa shape index (κ2) is 7.85. The van der Waals surface area contributed by atoms with Crippen LogP contribution in [0.15, 0.2) is 18.2 Å². The van der Waals surface area contributed by atoms with Crippen molar-refractivity contribution in [2.75, 3.05) is 5.32 Å². The number of urea groups is 1. The zero-order chi connectivity index (χ0) is 16.0. The minimum absolute atomic E-state index is 0.0734. The molecule has 0 aliphatic carbocycles. The summed E-state index contributed by atoms with van der Waals surface area (Å²) in [5.41, 5.74) is 0.199. The molecule has 3 amide bonds. The fourth-order valence-electron chi connectivity index (χ4n) is 1.63. The lowest BCUT2D eigenvalue weighted by Crippen LogP contribution is -2.35. The number of aliphatic carboxylic acids is 1. The van der Waals surface area contributed by atoms with Gasteiger partial charge in [0.25, 0.3) is 0 Å². The van der Waals surface area contributed by atoms with Crippen LogP contribution in [0.1, 0.15) is 19.8 Å². The summed E-state index contributed by atoms with van der Waals surface area (Å²) in [6.45, 7) is 1.61. The minimum atomic E-state index is -0.998.